The molecule has 0 amide bonds. The molecule has 0 radical (unpaired) electrons. The fourth-order valence-electron chi connectivity index (χ4n) is 4.03. The lowest BCUT2D eigenvalue weighted by atomic mass is 9.84. The standard InChI is InChI=1S/C19H25N5O/c1-23(11-15-4-2-6-20-10-15)13-18-17-12-24(9-5-16(17)14-25-18)19-21-7-3-8-22-19/h2-4,6-8,10,16-18H,5,9,11-14H2,1H3/t16-,17-,18+/m1/s1. The molecule has 2 fully saturated rings. The molecule has 0 aromatic carbocycles. The first kappa shape index (κ1) is 16.4. The van der Waals surface area contributed by atoms with E-state index in [0.29, 0.717) is 11.8 Å². The van der Waals surface area contributed by atoms with Crippen LogP contribution in [0.2, 0.25) is 0 Å². The topological polar surface area (TPSA) is 54.4 Å². The lowest BCUT2D eigenvalue weighted by molar-refractivity contribution is 0.0611. The Balaban J connectivity index is 1.38. The zero-order chi connectivity index (χ0) is 17.1. The summed E-state index contributed by atoms with van der Waals surface area (Å²) in [4.78, 5) is 17.7. The van der Waals surface area contributed by atoms with Crippen LogP contribution < -0.4 is 4.90 Å². The minimum atomic E-state index is 0.276. The average molecular weight is 339 g/mol. The van der Waals surface area contributed by atoms with Crippen molar-refractivity contribution in [1.29, 1.82) is 0 Å². The molecule has 0 saturated carbocycles. The van der Waals surface area contributed by atoms with Gasteiger partial charge in [-0.2, -0.15) is 0 Å². The van der Waals surface area contributed by atoms with E-state index < -0.39 is 0 Å². The summed E-state index contributed by atoms with van der Waals surface area (Å²) < 4.78 is 6.17. The molecule has 2 aliphatic rings. The highest BCUT2D eigenvalue weighted by atomic mass is 16.5. The first-order valence-electron chi connectivity index (χ1n) is 9.00. The first-order valence-corrected chi connectivity index (χ1v) is 9.00. The Labute approximate surface area is 148 Å². The maximum Gasteiger partial charge on any atom is 0.225 e. The highest BCUT2D eigenvalue weighted by Gasteiger charge is 2.41. The van der Waals surface area contributed by atoms with Gasteiger partial charge in [0.15, 0.2) is 0 Å². The van der Waals surface area contributed by atoms with Crippen LogP contribution in [0.3, 0.4) is 0 Å². The van der Waals surface area contributed by atoms with Crippen LogP contribution in [0.5, 0.6) is 0 Å². The molecular weight excluding hydrogens is 314 g/mol. The van der Waals surface area contributed by atoms with Gasteiger partial charge in [0.05, 0.1) is 12.7 Å². The molecule has 2 aromatic rings. The fourth-order valence-corrected chi connectivity index (χ4v) is 4.03. The molecular formula is C19H25N5O. The molecule has 0 unspecified atom stereocenters. The van der Waals surface area contributed by atoms with Crippen LogP contribution in [0, 0.1) is 11.8 Å². The molecule has 2 saturated heterocycles. The Morgan fingerprint density at radius 2 is 2.12 bits per heavy atom. The van der Waals surface area contributed by atoms with Crippen molar-refractivity contribution in [3.8, 4) is 0 Å². The molecule has 4 heterocycles. The van der Waals surface area contributed by atoms with Crippen LogP contribution in [-0.2, 0) is 11.3 Å². The van der Waals surface area contributed by atoms with Crippen molar-refractivity contribution < 1.29 is 4.74 Å². The maximum atomic E-state index is 6.17. The van der Waals surface area contributed by atoms with E-state index in [9.17, 15) is 0 Å². The molecule has 0 spiro atoms. The molecule has 6 heteroatoms. The SMILES string of the molecule is CN(Cc1cccnc1)C[C@@H]1OC[C@H]2CCN(c3ncccn3)C[C@H]21. The summed E-state index contributed by atoms with van der Waals surface area (Å²) in [5.41, 5.74) is 1.24. The third-order valence-corrected chi connectivity index (χ3v) is 5.31. The van der Waals surface area contributed by atoms with E-state index in [1.807, 2.05) is 36.9 Å². The van der Waals surface area contributed by atoms with Crippen molar-refractivity contribution in [1.82, 2.24) is 19.9 Å². The van der Waals surface area contributed by atoms with Crippen molar-refractivity contribution in [3.63, 3.8) is 0 Å². The summed E-state index contributed by atoms with van der Waals surface area (Å²) in [5.74, 6) is 2.06. The second-order valence-corrected chi connectivity index (χ2v) is 7.14. The van der Waals surface area contributed by atoms with E-state index in [2.05, 4.69) is 37.9 Å². The van der Waals surface area contributed by atoms with Gasteiger partial charge in [-0.3, -0.25) is 9.88 Å². The van der Waals surface area contributed by atoms with Gasteiger partial charge < -0.3 is 9.64 Å². The summed E-state index contributed by atoms with van der Waals surface area (Å²) in [5, 5.41) is 0. The minimum Gasteiger partial charge on any atom is -0.376 e. The van der Waals surface area contributed by atoms with Gasteiger partial charge in [0.2, 0.25) is 5.95 Å². The number of anilines is 1. The molecule has 0 N–H and O–H groups in total. The fraction of sp³-hybridized carbons (Fsp3) is 0.526. The smallest absolute Gasteiger partial charge is 0.225 e. The van der Waals surface area contributed by atoms with Gasteiger partial charge in [-0.05, 0) is 37.1 Å². The normalized spacial score (nSPS) is 26.0. The zero-order valence-electron chi connectivity index (χ0n) is 14.7. The van der Waals surface area contributed by atoms with Crippen LogP contribution in [0.15, 0.2) is 43.0 Å². The number of piperidine rings is 1. The van der Waals surface area contributed by atoms with Crippen LogP contribution in [-0.4, -0.2) is 59.2 Å². The summed E-state index contributed by atoms with van der Waals surface area (Å²) in [6.07, 6.45) is 8.82. The Hall–Kier alpha value is -2.05. The Kier molecular flexibility index (Phi) is 4.90. The van der Waals surface area contributed by atoms with Gasteiger partial charge >= 0.3 is 0 Å². The number of likely N-dealkylation sites (N-methyl/N-ethyl adjacent to an activating group) is 1. The Morgan fingerprint density at radius 3 is 2.92 bits per heavy atom. The van der Waals surface area contributed by atoms with Gasteiger partial charge in [-0.25, -0.2) is 9.97 Å². The largest absolute Gasteiger partial charge is 0.376 e. The van der Waals surface area contributed by atoms with Gasteiger partial charge in [0, 0.05) is 56.9 Å². The number of hydrogen-bond acceptors (Lipinski definition) is 6. The van der Waals surface area contributed by atoms with Gasteiger partial charge in [-0.15, -0.1) is 0 Å². The van der Waals surface area contributed by atoms with Crippen molar-refractivity contribution in [2.75, 3.05) is 38.2 Å². The Morgan fingerprint density at radius 1 is 1.24 bits per heavy atom. The molecule has 132 valence electrons. The summed E-state index contributed by atoms with van der Waals surface area (Å²) in [7, 11) is 2.16. The Bertz CT molecular complexity index is 668. The second-order valence-electron chi connectivity index (χ2n) is 7.14. The van der Waals surface area contributed by atoms with Crippen LogP contribution >= 0.6 is 0 Å². The molecule has 4 rings (SSSR count). The highest BCUT2D eigenvalue weighted by molar-refractivity contribution is 5.30. The molecule has 0 aliphatic carbocycles. The molecule has 3 atom stereocenters. The minimum absolute atomic E-state index is 0.276. The van der Waals surface area contributed by atoms with E-state index in [1.54, 1.807) is 0 Å². The maximum absolute atomic E-state index is 6.17. The van der Waals surface area contributed by atoms with E-state index >= 15 is 0 Å². The molecule has 2 aliphatic heterocycles. The lowest BCUT2D eigenvalue weighted by Crippen LogP contribution is -2.45. The average Bonchev–Trinajstić information content (AvgIpc) is 3.05. The predicted molar refractivity (Wildman–Crippen MR) is 96.2 cm³/mol. The number of nitrogens with zero attached hydrogens (tertiary/aromatic N) is 5. The summed E-state index contributed by atoms with van der Waals surface area (Å²) in [6, 6.07) is 5.98. The molecule has 25 heavy (non-hydrogen) atoms. The van der Waals surface area contributed by atoms with E-state index in [1.165, 1.54) is 5.56 Å². The lowest BCUT2D eigenvalue weighted by Gasteiger charge is -2.36. The quantitative estimate of drug-likeness (QED) is 0.829. The van der Waals surface area contributed by atoms with Crippen LogP contribution in [0.4, 0.5) is 5.95 Å². The van der Waals surface area contributed by atoms with Crippen molar-refractivity contribution in [2.45, 2.75) is 19.1 Å². The van der Waals surface area contributed by atoms with E-state index in [-0.39, 0.29) is 6.10 Å². The summed E-state index contributed by atoms with van der Waals surface area (Å²) in [6.45, 7) is 4.74. The number of fused-ring (bicyclic) bond motifs is 1. The third kappa shape index (κ3) is 3.80. The number of pyridine rings is 1. The van der Waals surface area contributed by atoms with Crippen LogP contribution in [0.25, 0.3) is 0 Å². The molecule has 2 aromatic heterocycles. The van der Waals surface area contributed by atoms with Gasteiger partial charge in [0.25, 0.3) is 0 Å². The number of ether oxygens (including phenoxy) is 1. The predicted octanol–water partition coefficient (Wildman–Crippen LogP) is 1.84. The van der Waals surface area contributed by atoms with E-state index in [4.69, 9.17) is 4.74 Å². The monoisotopic (exact) mass is 339 g/mol. The van der Waals surface area contributed by atoms with Crippen molar-refractivity contribution in [3.05, 3.63) is 48.5 Å². The van der Waals surface area contributed by atoms with Gasteiger partial charge in [-0.1, -0.05) is 6.07 Å². The number of hydrogen-bond donors (Lipinski definition) is 0. The zero-order valence-corrected chi connectivity index (χ0v) is 14.7. The van der Waals surface area contributed by atoms with Crippen LogP contribution in [0.1, 0.15) is 12.0 Å². The second kappa shape index (κ2) is 7.45. The van der Waals surface area contributed by atoms with E-state index in [0.717, 1.165) is 45.2 Å². The summed E-state index contributed by atoms with van der Waals surface area (Å²) >= 11 is 0. The first-order chi connectivity index (χ1) is 12.3. The molecule has 6 nitrogen and oxygen atoms in total. The van der Waals surface area contributed by atoms with Gasteiger partial charge in [0.1, 0.15) is 0 Å². The van der Waals surface area contributed by atoms with Crippen molar-refractivity contribution >= 4 is 5.95 Å². The highest BCUT2D eigenvalue weighted by Crippen LogP contribution is 2.35. The third-order valence-electron chi connectivity index (χ3n) is 5.31. The van der Waals surface area contributed by atoms with Crippen molar-refractivity contribution in [2.24, 2.45) is 11.8 Å². The number of aromatic nitrogens is 3. The molecule has 0 bridgehead atoms. The number of rotatable bonds is 5.